The molecule has 0 saturated carbocycles. The van der Waals surface area contributed by atoms with Gasteiger partial charge in [-0.15, -0.1) is 0 Å². The van der Waals surface area contributed by atoms with Crippen LogP contribution in [0.4, 0.5) is 4.79 Å². The SMILES string of the molecule is O=C1OCOP(=O)(O)O1. The molecular formula is C2H3O6P. The molecule has 1 N–H and O–H groups in total. The van der Waals surface area contributed by atoms with Crippen molar-refractivity contribution in [1.82, 2.24) is 0 Å². The van der Waals surface area contributed by atoms with Crippen molar-refractivity contribution >= 4 is 14.0 Å². The van der Waals surface area contributed by atoms with Crippen molar-refractivity contribution in [2.75, 3.05) is 6.79 Å². The number of phosphoric ester groups is 1. The summed E-state index contributed by atoms with van der Waals surface area (Å²) in [5.41, 5.74) is 0. The van der Waals surface area contributed by atoms with Crippen LogP contribution in [0.15, 0.2) is 0 Å². The fraction of sp³-hybridized carbons (Fsp3) is 0.500. The zero-order chi connectivity index (χ0) is 6.91. The third-order valence-electron chi connectivity index (χ3n) is 0.583. The normalized spacial score (nSPS) is 35.0. The Morgan fingerprint density at radius 2 is 2.33 bits per heavy atom. The van der Waals surface area contributed by atoms with Crippen LogP contribution in [0.3, 0.4) is 0 Å². The predicted octanol–water partition coefficient (Wildman–Crippen LogP) is 0.228. The molecule has 0 amide bonds. The van der Waals surface area contributed by atoms with Crippen molar-refractivity contribution in [3.63, 3.8) is 0 Å². The minimum absolute atomic E-state index is 0.535. The summed E-state index contributed by atoms with van der Waals surface area (Å²) in [5.74, 6) is 0. The van der Waals surface area contributed by atoms with Gasteiger partial charge in [0, 0.05) is 0 Å². The van der Waals surface area contributed by atoms with E-state index < -0.39 is 20.8 Å². The number of rotatable bonds is 0. The molecule has 0 aromatic heterocycles. The molecule has 9 heavy (non-hydrogen) atoms. The highest BCUT2D eigenvalue weighted by Crippen LogP contribution is 2.45. The molecule has 1 saturated heterocycles. The van der Waals surface area contributed by atoms with E-state index in [1.807, 2.05) is 0 Å². The molecule has 6 nitrogen and oxygen atoms in total. The lowest BCUT2D eigenvalue weighted by Crippen LogP contribution is -2.15. The Hall–Kier alpha value is -0.580. The molecular weight excluding hydrogens is 151 g/mol. The highest BCUT2D eigenvalue weighted by atomic mass is 31.2. The molecule has 1 unspecified atom stereocenters. The first-order chi connectivity index (χ1) is 4.10. The van der Waals surface area contributed by atoms with Gasteiger partial charge in [0.1, 0.15) is 0 Å². The maximum Gasteiger partial charge on any atom is 0.534 e. The molecule has 1 aliphatic heterocycles. The Bertz CT molecular complexity index is 174. The lowest BCUT2D eigenvalue weighted by molar-refractivity contribution is -0.0249. The van der Waals surface area contributed by atoms with Crippen molar-refractivity contribution < 1.29 is 28.0 Å². The second-order valence-corrected chi connectivity index (χ2v) is 2.58. The van der Waals surface area contributed by atoms with Crippen molar-refractivity contribution in [1.29, 1.82) is 0 Å². The van der Waals surface area contributed by atoms with Gasteiger partial charge in [0.25, 0.3) is 0 Å². The molecule has 1 heterocycles. The van der Waals surface area contributed by atoms with Gasteiger partial charge in [-0.3, -0.25) is 4.89 Å². The summed E-state index contributed by atoms with van der Waals surface area (Å²) in [7, 11) is -4.12. The van der Waals surface area contributed by atoms with Gasteiger partial charge in [-0.2, -0.15) is 0 Å². The number of hydrogen-bond donors (Lipinski definition) is 1. The van der Waals surface area contributed by atoms with Crippen LogP contribution >= 0.6 is 7.82 Å². The van der Waals surface area contributed by atoms with Crippen molar-refractivity contribution in [2.45, 2.75) is 0 Å². The van der Waals surface area contributed by atoms with Crippen LogP contribution in [0.1, 0.15) is 0 Å². The number of phosphoric acid groups is 1. The van der Waals surface area contributed by atoms with E-state index in [-0.39, 0.29) is 0 Å². The molecule has 0 aliphatic carbocycles. The van der Waals surface area contributed by atoms with Crippen molar-refractivity contribution in [3.8, 4) is 0 Å². The molecule has 0 radical (unpaired) electrons. The standard InChI is InChI=1S/C2H3O6P/c3-2-6-1-7-9(4,5)8-2/h1H2,(H,4,5). The number of cyclic esters (lactones) is 1. The van der Waals surface area contributed by atoms with E-state index in [9.17, 15) is 9.36 Å². The summed E-state index contributed by atoms with van der Waals surface area (Å²) in [5, 5.41) is 0. The molecule has 7 heteroatoms. The minimum Gasteiger partial charge on any atom is -0.406 e. The van der Waals surface area contributed by atoms with Crippen molar-refractivity contribution in [3.05, 3.63) is 0 Å². The largest absolute Gasteiger partial charge is 0.534 e. The lowest BCUT2D eigenvalue weighted by atomic mass is 11.3. The van der Waals surface area contributed by atoms with Gasteiger partial charge in [-0.1, -0.05) is 0 Å². The van der Waals surface area contributed by atoms with E-state index >= 15 is 0 Å². The summed E-state index contributed by atoms with van der Waals surface area (Å²) < 4.78 is 21.9. The Morgan fingerprint density at radius 3 is 2.67 bits per heavy atom. The third kappa shape index (κ3) is 1.67. The van der Waals surface area contributed by atoms with Crippen LogP contribution in [0.25, 0.3) is 0 Å². The second kappa shape index (κ2) is 1.98. The minimum atomic E-state index is -4.12. The summed E-state index contributed by atoms with van der Waals surface area (Å²) in [6, 6.07) is 0. The number of carbonyl (C=O) groups excluding carboxylic acids is 1. The lowest BCUT2D eigenvalue weighted by Gasteiger charge is -2.15. The topological polar surface area (TPSA) is 82.1 Å². The quantitative estimate of drug-likeness (QED) is 0.397. The molecule has 1 fully saturated rings. The zero-order valence-corrected chi connectivity index (χ0v) is 5.04. The van der Waals surface area contributed by atoms with Crippen LogP contribution in [0, 0.1) is 0 Å². The Kier molecular flexibility index (Phi) is 1.44. The molecule has 1 aliphatic rings. The van der Waals surface area contributed by atoms with Crippen LogP contribution < -0.4 is 0 Å². The third-order valence-corrected chi connectivity index (χ3v) is 1.39. The molecule has 1 atom stereocenters. The van der Waals surface area contributed by atoms with Crippen LogP contribution in [-0.2, 0) is 18.3 Å². The van der Waals surface area contributed by atoms with Gasteiger partial charge >= 0.3 is 14.0 Å². The van der Waals surface area contributed by atoms with Gasteiger partial charge in [0.15, 0.2) is 0 Å². The Labute approximate surface area is 49.9 Å². The fourth-order valence-electron chi connectivity index (χ4n) is 0.288. The summed E-state index contributed by atoms with van der Waals surface area (Å²) in [6.45, 7) is -0.535. The first-order valence-electron chi connectivity index (χ1n) is 1.94. The first kappa shape index (κ1) is 6.54. The predicted molar refractivity (Wildman–Crippen MR) is 23.3 cm³/mol. The van der Waals surface area contributed by atoms with E-state index in [1.165, 1.54) is 0 Å². The Balaban J connectivity index is 2.62. The molecule has 1 rings (SSSR count). The molecule has 0 bridgehead atoms. The van der Waals surface area contributed by atoms with E-state index in [2.05, 4.69) is 13.8 Å². The summed E-state index contributed by atoms with van der Waals surface area (Å²) >= 11 is 0. The highest BCUT2D eigenvalue weighted by molar-refractivity contribution is 7.48. The Morgan fingerprint density at radius 1 is 1.67 bits per heavy atom. The maximum absolute atomic E-state index is 10.3. The van der Waals surface area contributed by atoms with Gasteiger partial charge < -0.3 is 9.26 Å². The maximum atomic E-state index is 10.3. The first-order valence-corrected chi connectivity index (χ1v) is 3.43. The average Bonchev–Trinajstić information content (AvgIpc) is 1.60. The number of hydrogen-bond acceptors (Lipinski definition) is 5. The second-order valence-electron chi connectivity index (χ2n) is 1.20. The summed E-state index contributed by atoms with van der Waals surface area (Å²) in [4.78, 5) is 18.4. The van der Waals surface area contributed by atoms with Gasteiger partial charge in [0.2, 0.25) is 6.79 Å². The molecule has 0 aromatic rings. The van der Waals surface area contributed by atoms with Crippen molar-refractivity contribution in [2.24, 2.45) is 0 Å². The monoisotopic (exact) mass is 154 g/mol. The zero-order valence-electron chi connectivity index (χ0n) is 4.14. The van der Waals surface area contributed by atoms with E-state index in [0.717, 1.165) is 0 Å². The molecule has 52 valence electrons. The van der Waals surface area contributed by atoms with E-state index in [1.54, 1.807) is 0 Å². The van der Waals surface area contributed by atoms with Crippen LogP contribution in [0.2, 0.25) is 0 Å². The fourth-order valence-corrected chi connectivity index (χ4v) is 0.768. The van der Waals surface area contributed by atoms with E-state index in [4.69, 9.17) is 4.89 Å². The summed E-state index contributed by atoms with van der Waals surface area (Å²) in [6.07, 6.45) is -1.19. The molecule has 0 aromatic carbocycles. The number of ether oxygens (including phenoxy) is 1. The highest BCUT2D eigenvalue weighted by Gasteiger charge is 2.32. The molecule has 0 spiro atoms. The van der Waals surface area contributed by atoms with Gasteiger partial charge in [-0.25, -0.2) is 13.9 Å². The van der Waals surface area contributed by atoms with Crippen LogP contribution in [0.5, 0.6) is 0 Å². The average molecular weight is 154 g/mol. The number of carbonyl (C=O) groups is 1. The van der Waals surface area contributed by atoms with Crippen LogP contribution in [-0.4, -0.2) is 17.8 Å². The van der Waals surface area contributed by atoms with Gasteiger partial charge in [-0.05, 0) is 0 Å². The smallest absolute Gasteiger partial charge is 0.406 e. The van der Waals surface area contributed by atoms with E-state index in [0.29, 0.717) is 0 Å². The van der Waals surface area contributed by atoms with Gasteiger partial charge in [0.05, 0.1) is 0 Å².